The van der Waals surface area contributed by atoms with Crippen LogP contribution < -0.4 is 0 Å². The number of carbonyl (C=O) groups is 1. The third kappa shape index (κ3) is 2.61. The number of aliphatic hydroxyl groups excluding tert-OH is 1. The van der Waals surface area contributed by atoms with E-state index in [0.717, 1.165) is 6.42 Å². The summed E-state index contributed by atoms with van der Waals surface area (Å²) in [6.45, 7) is 6.39. The number of amides is 1. The van der Waals surface area contributed by atoms with Crippen LogP contribution in [0, 0.1) is 11.8 Å². The van der Waals surface area contributed by atoms with Crippen LogP contribution in [0.1, 0.15) is 27.2 Å². The fraction of sp³-hybridized carbons (Fsp3) is 0.900. The highest BCUT2D eigenvalue weighted by atomic mass is 16.4. The molecule has 1 fully saturated rings. The molecule has 0 aromatic rings. The predicted octanol–water partition coefficient (Wildman–Crippen LogP) is 1.39. The van der Waals surface area contributed by atoms with E-state index < -0.39 is 6.09 Å². The largest absolute Gasteiger partial charge is 0.465 e. The van der Waals surface area contributed by atoms with Crippen molar-refractivity contribution in [2.75, 3.05) is 13.2 Å². The van der Waals surface area contributed by atoms with Crippen molar-refractivity contribution >= 4 is 6.09 Å². The summed E-state index contributed by atoms with van der Waals surface area (Å²) in [5.74, 6) is 0.675. The summed E-state index contributed by atoms with van der Waals surface area (Å²) in [4.78, 5) is 12.4. The zero-order valence-corrected chi connectivity index (χ0v) is 9.03. The van der Waals surface area contributed by atoms with E-state index in [2.05, 4.69) is 0 Å². The number of nitrogens with zero attached hydrogens (tertiary/aromatic N) is 1. The third-order valence-electron chi connectivity index (χ3n) is 2.76. The Kier molecular flexibility index (Phi) is 3.04. The second-order valence-corrected chi connectivity index (χ2v) is 5.00. The van der Waals surface area contributed by atoms with Gasteiger partial charge in [0.2, 0.25) is 0 Å². The van der Waals surface area contributed by atoms with Gasteiger partial charge in [-0.05, 0) is 39.0 Å². The van der Waals surface area contributed by atoms with Crippen LogP contribution in [0.25, 0.3) is 0 Å². The molecule has 82 valence electrons. The molecule has 1 amide bonds. The molecule has 0 aliphatic heterocycles. The van der Waals surface area contributed by atoms with Crippen LogP contribution in [-0.4, -0.2) is 39.9 Å². The Balaban J connectivity index is 2.50. The SMILES string of the molecule is CC(C)(C)N(CC1CC1CO)C(=O)O. The number of hydrogen-bond acceptors (Lipinski definition) is 2. The van der Waals surface area contributed by atoms with Gasteiger partial charge in [-0.25, -0.2) is 4.79 Å². The molecule has 1 aliphatic carbocycles. The van der Waals surface area contributed by atoms with Gasteiger partial charge in [-0.2, -0.15) is 0 Å². The van der Waals surface area contributed by atoms with E-state index in [4.69, 9.17) is 10.2 Å². The van der Waals surface area contributed by atoms with Gasteiger partial charge in [-0.1, -0.05) is 0 Å². The Morgan fingerprint density at radius 1 is 1.43 bits per heavy atom. The van der Waals surface area contributed by atoms with E-state index in [1.54, 1.807) is 0 Å². The number of hydrogen-bond donors (Lipinski definition) is 2. The zero-order chi connectivity index (χ0) is 10.9. The second-order valence-electron chi connectivity index (χ2n) is 5.00. The Morgan fingerprint density at radius 3 is 2.29 bits per heavy atom. The fourth-order valence-electron chi connectivity index (χ4n) is 1.63. The summed E-state index contributed by atoms with van der Waals surface area (Å²) in [6.07, 6.45) is 0.0807. The molecule has 4 heteroatoms. The van der Waals surface area contributed by atoms with Crippen LogP contribution in [-0.2, 0) is 0 Å². The molecule has 2 atom stereocenters. The molecule has 0 spiro atoms. The van der Waals surface area contributed by atoms with Gasteiger partial charge in [-0.15, -0.1) is 0 Å². The summed E-state index contributed by atoms with van der Waals surface area (Å²) >= 11 is 0. The van der Waals surface area contributed by atoms with Crippen LogP contribution in [0.15, 0.2) is 0 Å². The van der Waals surface area contributed by atoms with Crippen LogP contribution in [0.4, 0.5) is 4.79 Å². The van der Waals surface area contributed by atoms with E-state index in [9.17, 15) is 4.79 Å². The first-order valence-electron chi connectivity index (χ1n) is 4.97. The third-order valence-corrected chi connectivity index (χ3v) is 2.76. The summed E-state index contributed by atoms with van der Waals surface area (Å²) in [5, 5.41) is 17.9. The highest BCUT2D eigenvalue weighted by Gasteiger charge is 2.40. The molecule has 2 unspecified atom stereocenters. The lowest BCUT2D eigenvalue weighted by Gasteiger charge is -2.33. The van der Waals surface area contributed by atoms with Crippen molar-refractivity contribution in [3.8, 4) is 0 Å². The van der Waals surface area contributed by atoms with Crippen LogP contribution in [0.2, 0.25) is 0 Å². The van der Waals surface area contributed by atoms with Gasteiger partial charge in [0.15, 0.2) is 0 Å². The van der Waals surface area contributed by atoms with Gasteiger partial charge in [0.05, 0.1) is 0 Å². The Labute approximate surface area is 84.5 Å². The molecule has 14 heavy (non-hydrogen) atoms. The van der Waals surface area contributed by atoms with Crippen molar-refractivity contribution in [1.82, 2.24) is 4.90 Å². The maximum Gasteiger partial charge on any atom is 0.407 e. The Bertz CT molecular complexity index is 222. The lowest BCUT2D eigenvalue weighted by atomic mass is 10.1. The first kappa shape index (κ1) is 11.3. The van der Waals surface area contributed by atoms with E-state index in [1.807, 2.05) is 20.8 Å². The lowest BCUT2D eigenvalue weighted by molar-refractivity contribution is 0.0948. The van der Waals surface area contributed by atoms with Gasteiger partial charge in [-0.3, -0.25) is 0 Å². The number of carboxylic acid groups (broad SMARTS) is 1. The van der Waals surface area contributed by atoms with E-state index >= 15 is 0 Å². The van der Waals surface area contributed by atoms with Gasteiger partial charge >= 0.3 is 6.09 Å². The minimum Gasteiger partial charge on any atom is -0.465 e. The van der Waals surface area contributed by atoms with Crippen LogP contribution >= 0.6 is 0 Å². The molecule has 0 heterocycles. The Hall–Kier alpha value is -0.770. The smallest absolute Gasteiger partial charge is 0.407 e. The predicted molar refractivity (Wildman–Crippen MR) is 53.2 cm³/mol. The van der Waals surface area contributed by atoms with Crippen molar-refractivity contribution in [3.05, 3.63) is 0 Å². The normalized spacial score (nSPS) is 26.0. The van der Waals surface area contributed by atoms with Crippen molar-refractivity contribution < 1.29 is 15.0 Å². The average Bonchev–Trinajstić information content (AvgIpc) is 2.75. The highest BCUT2D eigenvalue weighted by Crippen LogP contribution is 2.39. The first-order chi connectivity index (χ1) is 6.36. The van der Waals surface area contributed by atoms with Gasteiger partial charge in [0.1, 0.15) is 0 Å². The fourth-order valence-corrected chi connectivity index (χ4v) is 1.63. The lowest BCUT2D eigenvalue weighted by Crippen LogP contribution is -2.46. The van der Waals surface area contributed by atoms with Crippen molar-refractivity contribution in [2.24, 2.45) is 11.8 Å². The van der Waals surface area contributed by atoms with E-state index in [0.29, 0.717) is 18.4 Å². The molecule has 1 saturated carbocycles. The molecular formula is C10H19NO3. The van der Waals surface area contributed by atoms with Crippen LogP contribution in [0.5, 0.6) is 0 Å². The molecule has 0 radical (unpaired) electrons. The molecule has 0 aromatic heterocycles. The summed E-state index contributed by atoms with van der Waals surface area (Å²) in [6, 6.07) is 0. The van der Waals surface area contributed by atoms with Crippen molar-refractivity contribution in [3.63, 3.8) is 0 Å². The molecule has 0 aromatic carbocycles. The summed E-state index contributed by atoms with van der Waals surface area (Å²) < 4.78 is 0. The zero-order valence-electron chi connectivity index (χ0n) is 9.03. The number of aliphatic hydroxyl groups is 1. The molecule has 0 bridgehead atoms. The first-order valence-corrected chi connectivity index (χ1v) is 4.97. The molecule has 1 aliphatic rings. The van der Waals surface area contributed by atoms with Crippen molar-refractivity contribution in [2.45, 2.75) is 32.7 Å². The summed E-state index contributed by atoms with van der Waals surface area (Å²) in [5.41, 5.74) is -0.353. The highest BCUT2D eigenvalue weighted by molar-refractivity contribution is 5.66. The molecule has 4 nitrogen and oxygen atoms in total. The standard InChI is InChI=1S/C10H19NO3/c1-10(2,3)11(9(13)14)5-7-4-8(7)6-12/h7-8,12H,4-6H2,1-3H3,(H,13,14). The van der Waals surface area contributed by atoms with Gasteiger partial charge < -0.3 is 15.1 Å². The van der Waals surface area contributed by atoms with Crippen LogP contribution in [0.3, 0.4) is 0 Å². The van der Waals surface area contributed by atoms with Crippen molar-refractivity contribution in [1.29, 1.82) is 0 Å². The molecular weight excluding hydrogens is 182 g/mol. The summed E-state index contributed by atoms with van der Waals surface area (Å²) in [7, 11) is 0. The minimum absolute atomic E-state index is 0.183. The maximum absolute atomic E-state index is 11.0. The molecule has 2 N–H and O–H groups in total. The number of rotatable bonds is 3. The minimum atomic E-state index is -0.874. The van der Waals surface area contributed by atoms with Gasteiger partial charge in [0, 0.05) is 18.7 Å². The second kappa shape index (κ2) is 3.77. The van der Waals surface area contributed by atoms with E-state index in [1.165, 1.54) is 4.90 Å². The van der Waals surface area contributed by atoms with Gasteiger partial charge in [0.25, 0.3) is 0 Å². The monoisotopic (exact) mass is 201 g/mol. The molecule has 1 rings (SSSR count). The topological polar surface area (TPSA) is 60.8 Å². The molecule has 0 saturated heterocycles. The Morgan fingerprint density at radius 2 is 2.00 bits per heavy atom. The quantitative estimate of drug-likeness (QED) is 0.725. The maximum atomic E-state index is 11.0. The average molecular weight is 201 g/mol. The van der Waals surface area contributed by atoms with E-state index in [-0.39, 0.29) is 12.1 Å².